The molecule has 1 nitrogen and oxygen atoms in total. The van der Waals surface area contributed by atoms with E-state index in [-0.39, 0.29) is 0 Å². The first-order chi connectivity index (χ1) is 8.83. The van der Waals surface area contributed by atoms with Crippen molar-refractivity contribution in [3.05, 3.63) is 64.1 Å². The lowest BCUT2D eigenvalue weighted by Crippen LogP contribution is -2.17. The van der Waals surface area contributed by atoms with E-state index in [9.17, 15) is 0 Å². The van der Waals surface area contributed by atoms with Crippen molar-refractivity contribution in [3.8, 4) is 0 Å². The topological polar surface area (TPSA) is 12.0 Å². The molecule has 92 valence electrons. The van der Waals surface area contributed by atoms with Gasteiger partial charge in [0.15, 0.2) is 0 Å². The standard InChI is InChI=1S/C16H16BrN/c17-13-7-4-8-14(11-13)18-16-10-3-6-12-5-1-2-9-15(12)16/h1-2,4-5,7-9,11,16,18H,3,6,10H2. The first kappa shape index (κ1) is 11.8. The molecular weight excluding hydrogens is 286 g/mol. The Morgan fingerprint density at radius 1 is 1.06 bits per heavy atom. The molecule has 2 heteroatoms. The molecule has 0 aromatic heterocycles. The van der Waals surface area contributed by atoms with Crippen LogP contribution in [0.2, 0.25) is 0 Å². The number of rotatable bonds is 2. The number of nitrogens with one attached hydrogen (secondary N) is 1. The summed E-state index contributed by atoms with van der Waals surface area (Å²) in [5.41, 5.74) is 4.14. The van der Waals surface area contributed by atoms with E-state index in [4.69, 9.17) is 0 Å². The highest BCUT2D eigenvalue weighted by Gasteiger charge is 2.19. The molecule has 3 rings (SSSR count). The van der Waals surface area contributed by atoms with E-state index in [0.717, 1.165) is 4.47 Å². The first-order valence-corrected chi connectivity index (χ1v) is 7.22. The average molecular weight is 302 g/mol. The molecule has 0 bridgehead atoms. The molecule has 0 saturated carbocycles. The predicted molar refractivity (Wildman–Crippen MR) is 79.9 cm³/mol. The van der Waals surface area contributed by atoms with Gasteiger partial charge in [0.1, 0.15) is 0 Å². The minimum Gasteiger partial charge on any atom is -0.378 e. The van der Waals surface area contributed by atoms with Crippen molar-refractivity contribution in [1.82, 2.24) is 0 Å². The van der Waals surface area contributed by atoms with Crippen LogP contribution in [0.4, 0.5) is 5.69 Å². The molecule has 1 atom stereocenters. The maximum absolute atomic E-state index is 3.65. The Labute approximate surface area is 116 Å². The van der Waals surface area contributed by atoms with Crippen molar-refractivity contribution in [2.45, 2.75) is 25.3 Å². The first-order valence-electron chi connectivity index (χ1n) is 6.43. The van der Waals surface area contributed by atoms with E-state index in [1.807, 2.05) is 0 Å². The van der Waals surface area contributed by atoms with Crippen LogP contribution in [0.5, 0.6) is 0 Å². The van der Waals surface area contributed by atoms with Gasteiger partial charge in [0, 0.05) is 10.2 Å². The maximum atomic E-state index is 3.65. The lowest BCUT2D eigenvalue weighted by Gasteiger charge is -2.27. The number of benzene rings is 2. The summed E-state index contributed by atoms with van der Waals surface area (Å²) >= 11 is 3.52. The Morgan fingerprint density at radius 3 is 2.83 bits per heavy atom. The van der Waals surface area contributed by atoms with Crippen LogP contribution < -0.4 is 5.32 Å². The van der Waals surface area contributed by atoms with Crippen molar-refractivity contribution in [3.63, 3.8) is 0 Å². The highest BCUT2D eigenvalue weighted by molar-refractivity contribution is 9.10. The fourth-order valence-corrected chi connectivity index (χ4v) is 3.08. The van der Waals surface area contributed by atoms with Crippen molar-refractivity contribution in [2.24, 2.45) is 0 Å². The Hall–Kier alpha value is -1.28. The van der Waals surface area contributed by atoms with E-state index in [1.54, 1.807) is 0 Å². The lowest BCUT2D eigenvalue weighted by atomic mass is 9.87. The van der Waals surface area contributed by atoms with E-state index in [1.165, 1.54) is 36.1 Å². The van der Waals surface area contributed by atoms with Crippen molar-refractivity contribution in [2.75, 3.05) is 5.32 Å². The molecule has 18 heavy (non-hydrogen) atoms. The second-order valence-electron chi connectivity index (χ2n) is 4.80. The van der Waals surface area contributed by atoms with Crippen LogP contribution in [-0.4, -0.2) is 0 Å². The summed E-state index contributed by atoms with van der Waals surface area (Å²) in [6.45, 7) is 0. The Balaban J connectivity index is 1.86. The summed E-state index contributed by atoms with van der Waals surface area (Å²) < 4.78 is 1.12. The smallest absolute Gasteiger partial charge is 0.0516 e. The van der Waals surface area contributed by atoms with Gasteiger partial charge in [-0.1, -0.05) is 46.3 Å². The number of anilines is 1. The molecule has 1 aliphatic carbocycles. The van der Waals surface area contributed by atoms with Gasteiger partial charge in [-0.05, 0) is 48.6 Å². The molecular formula is C16H16BrN. The summed E-state index contributed by atoms with van der Waals surface area (Å²) in [4.78, 5) is 0. The van der Waals surface area contributed by atoms with Crippen LogP contribution in [0, 0.1) is 0 Å². The highest BCUT2D eigenvalue weighted by atomic mass is 79.9. The van der Waals surface area contributed by atoms with Gasteiger partial charge in [0.05, 0.1) is 6.04 Å². The second-order valence-corrected chi connectivity index (χ2v) is 5.71. The molecule has 0 radical (unpaired) electrons. The summed E-state index contributed by atoms with van der Waals surface area (Å²) in [6.07, 6.45) is 3.69. The van der Waals surface area contributed by atoms with Crippen molar-refractivity contribution in [1.29, 1.82) is 0 Å². The molecule has 2 aromatic rings. The second kappa shape index (κ2) is 5.15. The zero-order valence-electron chi connectivity index (χ0n) is 10.2. The molecule has 1 N–H and O–H groups in total. The molecule has 0 fully saturated rings. The molecule has 0 aliphatic heterocycles. The van der Waals surface area contributed by atoms with Crippen LogP contribution in [0.25, 0.3) is 0 Å². The quantitative estimate of drug-likeness (QED) is 0.828. The van der Waals surface area contributed by atoms with Crippen LogP contribution in [0.15, 0.2) is 53.0 Å². The summed E-state index contributed by atoms with van der Waals surface area (Å²) in [6, 6.07) is 17.6. The normalized spacial score (nSPS) is 18.2. The largest absolute Gasteiger partial charge is 0.378 e. The lowest BCUT2D eigenvalue weighted by molar-refractivity contribution is 0.600. The number of halogens is 1. The predicted octanol–water partition coefficient (Wildman–Crippen LogP) is 4.94. The van der Waals surface area contributed by atoms with E-state index in [0.29, 0.717) is 6.04 Å². The van der Waals surface area contributed by atoms with Gasteiger partial charge in [0.25, 0.3) is 0 Å². The molecule has 0 amide bonds. The van der Waals surface area contributed by atoms with Crippen molar-refractivity contribution < 1.29 is 0 Å². The van der Waals surface area contributed by atoms with Gasteiger partial charge >= 0.3 is 0 Å². The zero-order chi connectivity index (χ0) is 12.4. The fraction of sp³-hybridized carbons (Fsp3) is 0.250. The van der Waals surface area contributed by atoms with Crippen LogP contribution >= 0.6 is 15.9 Å². The van der Waals surface area contributed by atoms with E-state index in [2.05, 4.69) is 69.8 Å². The minimum atomic E-state index is 0.448. The van der Waals surface area contributed by atoms with Crippen LogP contribution in [0.1, 0.15) is 30.0 Å². The third-order valence-corrected chi connectivity index (χ3v) is 4.03. The van der Waals surface area contributed by atoms with Crippen LogP contribution in [0.3, 0.4) is 0 Å². The molecule has 1 unspecified atom stereocenters. The van der Waals surface area contributed by atoms with Gasteiger partial charge in [-0.25, -0.2) is 0 Å². The van der Waals surface area contributed by atoms with Crippen LogP contribution in [-0.2, 0) is 6.42 Å². The summed E-state index contributed by atoms with van der Waals surface area (Å²) in [5.74, 6) is 0. The van der Waals surface area contributed by atoms with Gasteiger partial charge in [-0.2, -0.15) is 0 Å². The number of hydrogen-bond donors (Lipinski definition) is 1. The highest BCUT2D eigenvalue weighted by Crippen LogP contribution is 2.32. The van der Waals surface area contributed by atoms with E-state index >= 15 is 0 Å². The minimum absolute atomic E-state index is 0.448. The fourth-order valence-electron chi connectivity index (χ4n) is 2.68. The van der Waals surface area contributed by atoms with Crippen molar-refractivity contribution >= 4 is 21.6 Å². The molecule has 0 heterocycles. The van der Waals surface area contributed by atoms with Gasteiger partial charge in [-0.3, -0.25) is 0 Å². The zero-order valence-corrected chi connectivity index (χ0v) is 11.8. The SMILES string of the molecule is Brc1cccc(NC2CCCc3ccccc32)c1. The third-order valence-electron chi connectivity index (χ3n) is 3.53. The number of aryl methyl sites for hydroxylation is 1. The Kier molecular flexibility index (Phi) is 3.37. The molecule has 0 saturated heterocycles. The molecule has 1 aliphatic rings. The molecule has 2 aromatic carbocycles. The average Bonchev–Trinajstić information content (AvgIpc) is 2.39. The monoisotopic (exact) mass is 301 g/mol. The number of fused-ring (bicyclic) bond motifs is 1. The van der Waals surface area contributed by atoms with E-state index < -0.39 is 0 Å². The molecule has 0 spiro atoms. The summed E-state index contributed by atoms with van der Waals surface area (Å²) in [5, 5.41) is 3.65. The maximum Gasteiger partial charge on any atom is 0.0516 e. The van der Waals surface area contributed by atoms with Gasteiger partial charge < -0.3 is 5.32 Å². The summed E-state index contributed by atoms with van der Waals surface area (Å²) in [7, 11) is 0. The Morgan fingerprint density at radius 2 is 1.94 bits per heavy atom. The number of hydrogen-bond acceptors (Lipinski definition) is 1. The third kappa shape index (κ3) is 2.44. The Bertz CT molecular complexity index is 550. The van der Waals surface area contributed by atoms with Gasteiger partial charge in [-0.15, -0.1) is 0 Å². The van der Waals surface area contributed by atoms with Gasteiger partial charge in [0.2, 0.25) is 0 Å².